The Bertz CT molecular complexity index is 258. The molecule has 2 rings (SSSR count). The minimum absolute atomic E-state index is 0.482. The summed E-state index contributed by atoms with van der Waals surface area (Å²) in [6, 6.07) is 0.771. The van der Waals surface area contributed by atoms with Crippen LogP contribution in [0.3, 0.4) is 0 Å². The summed E-state index contributed by atoms with van der Waals surface area (Å²) in [5.74, 6) is 0.827. The van der Waals surface area contributed by atoms with Crippen molar-refractivity contribution in [2.24, 2.45) is 5.92 Å². The molecule has 1 spiro atoms. The van der Waals surface area contributed by atoms with E-state index in [0.29, 0.717) is 5.54 Å². The van der Waals surface area contributed by atoms with Crippen LogP contribution in [0.15, 0.2) is 0 Å². The van der Waals surface area contributed by atoms with Gasteiger partial charge in [0.1, 0.15) is 0 Å². The fraction of sp³-hybridized carbons (Fsp3) is 1.00. The van der Waals surface area contributed by atoms with E-state index in [0.717, 1.165) is 12.0 Å². The first kappa shape index (κ1) is 15.3. The molecule has 0 radical (unpaired) electrons. The summed E-state index contributed by atoms with van der Waals surface area (Å²) in [5, 5.41) is 3.94. The minimum atomic E-state index is 0.482. The third-order valence-electron chi connectivity index (χ3n) is 5.57. The van der Waals surface area contributed by atoms with Crippen molar-refractivity contribution in [3.63, 3.8) is 0 Å². The zero-order chi connectivity index (χ0) is 13.7. The third-order valence-corrected chi connectivity index (χ3v) is 5.57. The largest absolute Gasteiger partial charge is 0.308 e. The van der Waals surface area contributed by atoms with Gasteiger partial charge in [-0.2, -0.15) is 0 Å². The second-order valence-corrected chi connectivity index (χ2v) is 7.00. The molecule has 19 heavy (non-hydrogen) atoms. The number of hydrogen-bond donors (Lipinski definition) is 1. The van der Waals surface area contributed by atoms with Crippen LogP contribution >= 0.6 is 0 Å². The van der Waals surface area contributed by atoms with Gasteiger partial charge in [-0.25, -0.2) is 0 Å². The van der Waals surface area contributed by atoms with E-state index in [-0.39, 0.29) is 0 Å². The van der Waals surface area contributed by atoms with Gasteiger partial charge in [0.05, 0.1) is 0 Å². The molecule has 1 heterocycles. The molecule has 1 N–H and O–H groups in total. The van der Waals surface area contributed by atoms with Crippen LogP contribution in [0.1, 0.15) is 72.1 Å². The van der Waals surface area contributed by atoms with Gasteiger partial charge in [-0.15, -0.1) is 0 Å². The highest BCUT2D eigenvalue weighted by Gasteiger charge is 2.41. The molecule has 1 aliphatic carbocycles. The Hall–Kier alpha value is -0.0800. The highest BCUT2D eigenvalue weighted by atomic mass is 15.3. The molecule has 2 aliphatic rings. The molecule has 1 saturated heterocycles. The average Bonchev–Trinajstić information content (AvgIpc) is 2.87. The highest BCUT2D eigenvalue weighted by Crippen LogP contribution is 2.34. The number of nitrogens with zero attached hydrogens (tertiary/aromatic N) is 1. The first-order valence-corrected chi connectivity index (χ1v) is 8.70. The average molecular weight is 266 g/mol. The summed E-state index contributed by atoms with van der Waals surface area (Å²) in [6.45, 7) is 10.9. The van der Waals surface area contributed by atoms with E-state index in [1.165, 1.54) is 71.0 Å². The van der Waals surface area contributed by atoms with Crippen LogP contribution in [0.25, 0.3) is 0 Å². The first-order valence-electron chi connectivity index (χ1n) is 8.70. The molecule has 2 unspecified atom stereocenters. The lowest BCUT2D eigenvalue weighted by atomic mass is 9.87. The lowest BCUT2D eigenvalue weighted by Gasteiger charge is -2.48. The zero-order valence-corrected chi connectivity index (χ0v) is 13.4. The van der Waals surface area contributed by atoms with Crippen molar-refractivity contribution in [1.29, 1.82) is 0 Å². The molecule has 2 heteroatoms. The Morgan fingerprint density at radius 1 is 1.21 bits per heavy atom. The highest BCUT2D eigenvalue weighted by molar-refractivity contribution is 5.01. The number of piperazine rings is 1. The van der Waals surface area contributed by atoms with Gasteiger partial charge in [0.2, 0.25) is 0 Å². The first-order chi connectivity index (χ1) is 9.21. The number of unbranched alkanes of at least 4 members (excludes halogenated alkanes) is 2. The Kier molecular flexibility index (Phi) is 5.70. The molecule has 2 fully saturated rings. The maximum atomic E-state index is 3.94. The van der Waals surface area contributed by atoms with E-state index >= 15 is 0 Å². The molecule has 0 aromatic rings. The van der Waals surface area contributed by atoms with Gasteiger partial charge in [-0.1, -0.05) is 52.9 Å². The summed E-state index contributed by atoms with van der Waals surface area (Å²) >= 11 is 0. The van der Waals surface area contributed by atoms with Crippen LogP contribution in [0.2, 0.25) is 0 Å². The molecule has 2 nitrogen and oxygen atoms in total. The Labute approximate surface area is 120 Å². The second-order valence-electron chi connectivity index (χ2n) is 7.00. The molecule has 0 bridgehead atoms. The third kappa shape index (κ3) is 3.72. The summed E-state index contributed by atoms with van der Waals surface area (Å²) in [4.78, 5) is 2.84. The van der Waals surface area contributed by atoms with E-state index in [4.69, 9.17) is 0 Å². The van der Waals surface area contributed by atoms with Crippen LogP contribution in [-0.4, -0.2) is 36.1 Å². The van der Waals surface area contributed by atoms with E-state index < -0.39 is 0 Å². The molecule has 1 saturated carbocycles. The Morgan fingerprint density at radius 2 is 1.95 bits per heavy atom. The van der Waals surface area contributed by atoms with Gasteiger partial charge in [0.25, 0.3) is 0 Å². The Morgan fingerprint density at radius 3 is 2.58 bits per heavy atom. The van der Waals surface area contributed by atoms with Gasteiger partial charge < -0.3 is 5.32 Å². The smallest absolute Gasteiger partial charge is 0.0309 e. The molecule has 2 atom stereocenters. The molecule has 1 aliphatic heterocycles. The van der Waals surface area contributed by atoms with Crippen LogP contribution in [0.5, 0.6) is 0 Å². The van der Waals surface area contributed by atoms with Crippen LogP contribution < -0.4 is 5.32 Å². The zero-order valence-electron chi connectivity index (χ0n) is 13.4. The second kappa shape index (κ2) is 7.08. The van der Waals surface area contributed by atoms with Gasteiger partial charge in [0.15, 0.2) is 0 Å². The van der Waals surface area contributed by atoms with E-state index in [1.807, 2.05) is 0 Å². The summed E-state index contributed by atoms with van der Waals surface area (Å²) in [7, 11) is 0. The van der Waals surface area contributed by atoms with Gasteiger partial charge >= 0.3 is 0 Å². The van der Waals surface area contributed by atoms with Crippen molar-refractivity contribution in [3.8, 4) is 0 Å². The van der Waals surface area contributed by atoms with Crippen molar-refractivity contribution in [1.82, 2.24) is 10.2 Å². The van der Waals surface area contributed by atoms with Crippen molar-refractivity contribution < 1.29 is 0 Å². The number of hydrogen-bond acceptors (Lipinski definition) is 2. The van der Waals surface area contributed by atoms with E-state index in [2.05, 4.69) is 31.0 Å². The quantitative estimate of drug-likeness (QED) is 0.736. The molecule has 0 aromatic carbocycles. The van der Waals surface area contributed by atoms with Gasteiger partial charge in [0, 0.05) is 24.7 Å². The molecule has 112 valence electrons. The predicted octanol–water partition coefficient (Wildman–Crippen LogP) is 3.81. The summed E-state index contributed by atoms with van der Waals surface area (Å²) < 4.78 is 0. The van der Waals surface area contributed by atoms with Gasteiger partial charge in [-0.05, 0) is 31.7 Å². The fourth-order valence-electron chi connectivity index (χ4n) is 4.04. The summed E-state index contributed by atoms with van der Waals surface area (Å²) in [5.41, 5.74) is 0.482. The molecule has 0 amide bonds. The molecular weight excluding hydrogens is 232 g/mol. The lowest BCUT2D eigenvalue weighted by molar-refractivity contribution is 0.0506. The number of nitrogens with one attached hydrogen (secondary N) is 1. The van der Waals surface area contributed by atoms with Crippen LogP contribution in [-0.2, 0) is 0 Å². The van der Waals surface area contributed by atoms with Crippen molar-refractivity contribution >= 4 is 0 Å². The van der Waals surface area contributed by atoms with Crippen LogP contribution in [0, 0.1) is 5.92 Å². The SMILES string of the molecule is CCCCCN1CC2(CCCC2)NCC1C(C)CC. The number of rotatable bonds is 6. The summed E-state index contributed by atoms with van der Waals surface area (Å²) in [6.07, 6.45) is 11.1. The predicted molar refractivity (Wildman–Crippen MR) is 83.5 cm³/mol. The maximum absolute atomic E-state index is 3.94. The lowest BCUT2D eigenvalue weighted by Crippen LogP contribution is -2.64. The fourth-order valence-corrected chi connectivity index (χ4v) is 4.04. The molecule has 0 aromatic heterocycles. The van der Waals surface area contributed by atoms with Crippen molar-refractivity contribution in [3.05, 3.63) is 0 Å². The topological polar surface area (TPSA) is 15.3 Å². The maximum Gasteiger partial charge on any atom is 0.0309 e. The van der Waals surface area contributed by atoms with Crippen molar-refractivity contribution in [2.75, 3.05) is 19.6 Å². The normalized spacial score (nSPS) is 28.9. The van der Waals surface area contributed by atoms with Crippen molar-refractivity contribution in [2.45, 2.75) is 83.7 Å². The monoisotopic (exact) mass is 266 g/mol. The van der Waals surface area contributed by atoms with E-state index in [1.54, 1.807) is 0 Å². The molecular formula is C17H34N2. The van der Waals surface area contributed by atoms with Crippen LogP contribution in [0.4, 0.5) is 0 Å². The van der Waals surface area contributed by atoms with E-state index in [9.17, 15) is 0 Å². The minimum Gasteiger partial charge on any atom is -0.308 e. The van der Waals surface area contributed by atoms with Gasteiger partial charge in [-0.3, -0.25) is 4.90 Å². The standard InChI is InChI=1S/C17H34N2/c1-4-6-9-12-19-14-17(10-7-8-11-17)18-13-16(19)15(3)5-2/h15-16,18H,4-14H2,1-3H3. The Balaban J connectivity index is 1.96.